The van der Waals surface area contributed by atoms with Gasteiger partial charge in [-0.3, -0.25) is 4.98 Å². The summed E-state index contributed by atoms with van der Waals surface area (Å²) in [6, 6.07) is 11.3. The van der Waals surface area contributed by atoms with Gasteiger partial charge in [-0.1, -0.05) is 23.7 Å². The van der Waals surface area contributed by atoms with Gasteiger partial charge in [0, 0.05) is 17.4 Å². The Labute approximate surface area is 93.7 Å². The van der Waals surface area contributed by atoms with E-state index in [9.17, 15) is 0 Å². The maximum Gasteiger partial charge on any atom is 0.0553 e. The first-order valence-electron chi connectivity index (χ1n) is 4.68. The highest BCUT2D eigenvalue weighted by Gasteiger charge is 2.08. The number of aromatic nitrogens is 1. The topological polar surface area (TPSA) is 38.9 Å². The summed E-state index contributed by atoms with van der Waals surface area (Å²) in [5.41, 5.74) is 8.14. The van der Waals surface area contributed by atoms with Gasteiger partial charge in [-0.15, -0.1) is 0 Å². The molecule has 0 fully saturated rings. The molecular formula is C12H11ClN2. The van der Waals surface area contributed by atoms with Crippen molar-refractivity contribution in [2.45, 2.75) is 6.04 Å². The second kappa shape index (κ2) is 4.43. The van der Waals surface area contributed by atoms with Gasteiger partial charge in [0.1, 0.15) is 0 Å². The Morgan fingerprint density at radius 3 is 2.47 bits per heavy atom. The van der Waals surface area contributed by atoms with E-state index in [1.165, 1.54) is 0 Å². The summed E-state index contributed by atoms with van der Waals surface area (Å²) in [5, 5.41) is 0.706. The summed E-state index contributed by atoms with van der Waals surface area (Å²) < 4.78 is 0. The Morgan fingerprint density at radius 1 is 1.07 bits per heavy atom. The summed E-state index contributed by atoms with van der Waals surface area (Å²) in [5.74, 6) is 0. The van der Waals surface area contributed by atoms with Crippen LogP contribution >= 0.6 is 11.6 Å². The lowest BCUT2D eigenvalue weighted by Gasteiger charge is -2.12. The molecule has 0 saturated heterocycles. The van der Waals surface area contributed by atoms with Crippen molar-refractivity contribution in [3.05, 3.63) is 64.9 Å². The van der Waals surface area contributed by atoms with Crippen molar-refractivity contribution in [2.24, 2.45) is 5.73 Å². The van der Waals surface area contributed by atoms with Crippen LogP contribution in [0.15, 0.2) is 48.8 Å². The molecule has 0 spiro atoms. The Bertz CT molecular complexity index is 442. The van der Waals surface area contributed by atoms with Crippen molar-refractivity contribution in [1.29, 1.82) is 0 Å². The standard InChI is InChI=1S/C12H11ClN2/c13-11-3-1-2-10(8-11)12(14)9-4-6-15-7-5-9/h1-8,12H,14H2. The monoisotopic (exact) mass is 218 g/mol. The van der Waals surface area contributed by atoms with Gasteiger partial charge in [0.2, 0.25) is 0 Å². The van der Waals surface area contributed by atoms with E-state index >= 15 is 0 Å². The molecule has 2 aromatic rings. The van der Waals surface area contributed by atoms with Crippen molar-refractivity contribution < 1.29 is 0 Å². The second-order valence-electron chi connectivity index (χ2n) is 3.31. The third kappa shape index (κ3) is 2.35. The Morgan fingerprint density at radius 2 is 1.80 bits per heavy atom. The first-order valence-corrected chi connectivity index (χ1v) is 5.06. The van der Waals surface area contributed by atoms with Crippen molar-refractivity contribution in [2.75, 3.05) is 0 Å². The predicted molar refractivity (Wildman–Crippen MR) is 61.7 cm³/mol. The largest absolute Gasteiger partial charge is 0.320 e. The predicted octanol–water partition coefficient (Wildman–Crippen LogP) is 2.78. The van der Waals surface area contributed by atoms with Crippen molar-refractivity contribution in [3.8, 4) is 0 Å². The summed E-state index contributed by atoms with van der Waals surface area (Å²) >= 11 is 5.91. The number of nitrogens with zero attached hydrogens (tertiary/aromatic N) is 1. The van der Waals surface area contributed by atoms with Crippen LogP contribution in [-0.2, 0) is 0 Å². The molecule has 0 radical (unpaired) electrons. The highest BCUT2D eigenvalue weighted by atomic mass is 35.5. The van der Waals surface area contributed by atoms with Gasteiger partial charge < -0.3 is 5.73 Å². The second-order valence-corrected chi connectivity index (χ2v) is 3.75. The van der Waals surface area contributed by atoms with Crippen LogP contribution in [0.5, 0.6) is 0 Å². The fourth-order valence-corrected chi connectivity index (χ4v) is 1.66. The Balaban J connectivity index is 2.32. The zero-order valence-electron chi connectivity index (χ0n) is 8.10. The molecule has 2 rings (SSSR count). The quantitative estimate of drug-likeness (QED) is 0.842. The van der Waals surface area contributed by atoms with E-state index in [1.807, 2.05) is 36.4 Å². The molecule has 2 N–H and O–H groups in total. The van der Waals surface area contributed by atoms with E-state index in [2.05, 4.69) is 4.98 Å². The van der Waals surface area contributed by atoms with Crippen molar-refractivity contribution in [1.82, 2.24) is 4.98 Å². The number of hydrogen-bond acceptors (Lipinski definition) is 2. The molecule has 15 heavy (non-hydrogen) atoms. The third-order valence-corrected chi connectivity index (χ3v) is 2.51. The van der Waals surface area contributed by atoms with E-state index in [0.717, 1.165) is 11.1 Å². The smallest absolute Gasteiger partial charge is 0.0553 e. The molecule has 2 nitrogen and oxygen atoms in total. The number of hydrogen-bond donors (Lipinski definition) is 1. The molecule has 0 bridgehead atoms. The zero-order chi connectivity index (χ0) is 10.7. The highest BCUT2D eigenvalue weighted by Crippen LogP contribution is 2.21. The Hall–Kier alpha value is -1.38. The molecule has 1 aromatic heterocycles. The number of halogens is 1. The van der Waals surface area contributed by atoms with Crippen molar-refractivity contribution in [3.63, 3.8) is 0 Å². The van der Waals surface area contributed by atoms with Gasteiger partial charge in [0.05, 0.1) is 6.04 Å². The average Bonchev–Trinajstić information content (AvgIpc) is 2.29. The molecule has 3 heteroatoms. The lowest BCUT2D eigenvalue weighted by atomic mass is 10.0. The van der Waals surface area contributed by atoms with Crippen LogP contribution in [0, 0.1) is 0 Å². The first kappa shape index (κ1) is 10.1. The van der Waals surface area contributed by atoms with Gasteiger partial charge in [-0.2, -0.15) is 0 Å². The van der Waals surface area contributed by atoms with Crippen LogP contribution in [0.4, 0.5) is 0 Å². The molecule has 0 aliphatic rings. The molecule has 1 heterocycles. The van der Waals surface area contributed by atoms with E-state index in [0.29, 0.717) is 5.02 Å². The molecule has 1 atom stereocenters. The minimum atomic E-state index is -0.147. The van der Waals surface area contributed by atoms with Crippen LogP contribution < -0.4 is 5.73 Å². The van der Waals surface area contributed by atoms with Gasteiger partial charge in [-0.05, 0) is 35.4 Å². The van der Waals surface area contributed by atoms with E-state index in [-0.39, 0.29) is 6.04 Å². The van der Waals surface area contributed by atoms with Crippen LogP contribution in [-0.4, -0.2) is 4.98 Å². The number of benzene rings is 1. The molecule has 0 aliphatic heterocycles. The summed E-state index contributed by atoms with van der Waals surface area (Å²) in [4.78, 5) is 3.96. The van der Waals surface area contributed by atoms with E-state index in [1.54, 1.807) is 12.4 Å². The van der Waals surface area contributed by atoms with Crippen LogP contribution in [0.25, 0.3) is 0 Å². The molecule has 0 aliphatic carbocycles. The summed E-state index contributed by atoms with van der Waals surface area (Å²) in [7, 11) is 0. The lowest BCUT2D eigenvalue weighted by molar-refractivity contribution is 0.868. The normalized spacial score (nSPS) is 12.4. The molecule has 76 valence electrons. The van der Waals surface area contributed by atoms with Gasteiger partial charge in [0.15, 0.2) is 0 Å². The third-order valence-electron chi connectivity index (χ3n) is 2.27. The zero-order valence-corrected chi connectivity index (χ0v) is 8.85. The molecule has 1 unspecified atom stereocenters. The molecule has 0 amide bonds. The summed E-state index contributed by atoms with van der Waals surface area (Å²) in [6.07, 6.45) is 3.47. The van der Waals surface area contributed by atoms with Crippen LogP contribution in [0.3, 0.4) is 0 Å². The first-order chi connectivity index (χ1) is 7.27. The number of rotatable bonds is 2. The molecule has 1 aromatic carbocycles. The minimum Gasteiger partial charge on any atom is -0.320 e. The van der Waals surface area contributed by atoms with Gasteiger partial charge >= 0.3 is 0 Å². The molecular weight excluding hydrogens is 208 g/mol. The van der Waals surface area contributed by atoms with Gasteiger partial charge in [0.25, 0.3) is 0 Å². The maximum atomic E-state index is 6.10. The SMILES string of the molecule is NC(c1ccncc1)c1cccc(Cl)c1. The lowest BCUT2D eigenvalue weighted by Crippen LogP contribution is -2.11. The number of pyridine rings is 1. The fraction of sp³-hybridized carbons (Fsp3) is 0.0833. The van der Waals surface area contributed by atoms with Crippen LogP contribution in [0.1, 0.15) is 17.2 Å². The number of nitrogens with two attached hydrogens (primary N) is 1. The highest BCUT2D eigenvalue weighted by molar-refractivity contribution is 6.30. The van der Waals surface area contributed by atoms with Crippen LogP contribution in [0.2, 0.25) is 5.02 Å². The fourth-order valence-electron chi connectivity index (χ4n) is 1.46. The summed E-state index contributed by atoms with van der Waals surface area (Å²) in [6.45, 7) is 0. The van der Waals surface area contributed by atoms with E-state index < -0.39 is 0 Å². The van der Waals surface area contributed by atoms with E-state index in [4.69, 9.17) is 17.3 Å². The Kier molecular flexibility index (Phi) is 2.99. The maximum absolute atomic E-state index is 6.10. The molecule has 0 saturated carbocycles. The minimum absolute atomic E-state index is 0.147. The average molecular weight is 219 g/mol. The van der Waals surface area contributed by atoms with Crippen molar-refractivity contribution >= 4 is 11.6 Å². The van der Waals surface area contributed by atoms with Gasteiger partial charge in [-0.25, -0.2) is 0 Å².